The molecule has 2 nitrogen and oxygen atoms in total. The molecular weight excluding hydrogens is 288 g/mol. The molecule has 0 bridgehead atoms. The van der Waals surface area contributed by atoms with Crippen LogP contribution in [0.5, 0.6) is 0 Å². The number of rotatable bonds is 5. The van der Waals surface area contributed by atoms with Crippen LogP contribution in [0.2, 0.25) is 18.1 Å². The maximum Gasteiger partial charge on any atom is 0.192 e. The van der Waals surface area contributed by atoms with Crippen molar-refractivity contribution in [1.29, 1.82) is 0 Å². The lowest BCUT2D eigenvalue weighted by molar-refractivity contribution is 0.0542. The van der Waals surface area contributed by atoms with Gasteiger partial charge in [-0.1, -0.05) is 45.8 Å². The Morgan fingerprint density at radius 2 is 1.86 bits per heavy atom. The third-order valence-corrected chi connectivity index (χ3v) is 10.6. The van der Waals surface area contributed by atoms with Crippen LogP contribution in [0.4, 0.5) is 0 Å². The summed E-state index contributed by atoms with van der Waals surface area (Å²) in [6, 6.07) is 0. The van der Waals surface area contributed by atoms with Gasteiger partial charge in [-0.15, -0.1) is 0 Å². The lowest BCUT2D eigenvalue weighted by Crippen LogP contribution is -2.43. The molecule has 0 unspecified atom stereocenters. The summed E-state index contributed by atoms with van der Waals surface area (Å²) in [5.41, 5.74) is 2.85. The van der Waals surface area contributed by atoms with Crippen molar-refractivity contribution in [2.75, 3.05) is 0 Å². The fraction of sp³-hybridized carbons (Fsp3) is 0.895. The van der Waals surface area contributed by atoms with Gasteiger partial charge in [-0.05, 0) is 57.7 Å². The Morgan fingerprint density at radius 1 is 1.32 bits per heavy atom. The first-order chi connectivity index (χ1) is 9.79. The fourth-order valence-electron chi connectivity index (χ4n) is 3.24. The van der Waals surface area contributed by atoms with E-state index in [1.165, 1.54) is 11.1 Å². The molecule has 3 heteroatoms. The number of aliphatic hydroxyl groups is 1. The molecule has 1 aliphatic rings. The minimum Gasteiger partial charge on any atom is -0.414 e. The normalized spacial score (nSPS) is 24.5. The second-order valence-corrected chi connectivity index (χ2v) is 14.0. The number of aliphatic hydroxyl groups excluding tert-OH is 1. The summed E-state index contributed by atoms with van der Waals surface area (Å²) < 4.78 is 6.48. The molecule has 0 radical (unpaired) electrons. The molecular formula is C19H38O2Si. The van der Waals surface area contributed by atoms with Crippen LogP contribution in [0.25, 0.3) is 0 Å². The monoisotopic (exact) mass is 326 g/mol. The van der Waals surface area contributed by atoms with Crippen molar-refractivity contribution in [3.63, 3.8) is 0 Å². The van der Waals surface area contributed by atoms with Gasteiger partial charge in [-0.25, -0.2) is 0 Å². The van der Waals surface area contributed by atoms with Crippen molar-refractivity contribution in [3.8, 4) is 0 Å². The predicted molar refractivity (Wildman–Crippen MR) is 98.7 cm³/mol. The molecule has 22 heavy (non-hydrogen) atoms. The van der Waals surface area contributed by atoms with Gasteiger partial charge in [-0.3, -0.25) is 0 Å². The van der Waals surface area contributed by atoms with E-state index in [4.69, 9.17) is 4.43 Å². The molecule has 0 amide bonds. The summed E-state index contributed by atoms with van der Waals surface area (Å²) in [6.45, 7) is 20.3. The second kappa shape index (κ2) is 6.78. The number of hydrogen-bond acceptors (Lipinski definition) is 2. The lowest BCUT2D eigenvalue weighted by Gasteiger charge is -2.41. The van der Waals surface area contributed by atoms with Gasteiger partial charge < -0.3 is 9.53 Å². The maximum absolute atomic E-state index is 10.3. The van der Waals surface area contributed by atoms with Crippen molar-refractivity contribution in [1.82, 2.24) is 0 Å². The third kappa shape index (κ3) is 4.45. The van der Waals surface area contributed by atoms with E-state index in [0.29, 0.717) is 0 Å². The topological polar surface area (TPSA) is 29.5 Å². The molecule has 0 spiro atoms. The highest BCUT2D eigenvalue weighted by Gasteiger charge is 2.39. The van der Waals surface area contributed by atoms with E-state index in [1.807, 2.05) is 0 Å². The zero-order valence-electron chi connectivity index (χ0n) is 16.3. The standard InChI is InChI=1S/C19H38O2Si/c1-14-10-13-17(20)19(6,7)16(14)12-11-15(2)21-22(8,9)18(3,4)5/h15,17,20H,10-13H2,1-9H3/t15-,17+/m1/s1. The van der Waals surface area contributed by atoms with Crippen LogP contribution < -0.4 is 0 Å². The average Bonchev–Trinajstić information content (AvgIpc) is 2.32. The summed E-state index contributed by atoms with van der Waals surface area (Å²) in [7, 11) is -1.69. The van der Waals surface area contributed by atoms with Crippen LogP contribution in [0, 0.1) is 5.41 Å². The fourth-order valence-corrected chi connectivity index (χ4v) is 4.72. The molecule has 0 aromatic rings. The van der Waals surface area contributed by atoms with Gasteiger partial charge in [0.1, 0.15) is 0 Å². The first-order valence-electron chi connectivity index (χ1n) is 8.84. The van der Waals surface area contributed by atoms with E-state index in [0.717, 1.165) is 25.7 Å². The molecule has 0 aromatic heterocycles. The third-order valence-electron chi connectivity index (χ3n) is 6.02. The highest BCUT2D eigenvalue weighted by molar-refractivity contribution is 6.74. The smallest absolute Gasteiger partial charge is 0.192 e. The van der Waals surface area contributed by atoms with Gasteiger partial charge >= 0.3 is 0 Å². The Morgan fingerprint density at radius 3 is 2.36 bits per heavy atom. The Hall–Kier alpha value is -0.123. The molecule has 1 N–H and O–H groups in total. The number of hydrogen-bond donors (Lipinski definition) is 1. The first kappa shape index (κ1) is 19.9. The largest absolute Gasteiger partial charge is 0.414 e. The summed E-state index contributed by atoms with van der Waals surface area (Å²) in [5.74, 6) is 0. The number of allylic oxidation sites excluding steroid dienone is 1. The SMILES string of the molecule is CC1=C(CC[C@@H](C)O[Si](C)(C)C(C)(C)C)C(C)(C)[C@@H](O)CC1. The molecule has 0 fully saturated rings. The predicted octanol–water partition coefficient (Wildman–Crippen LogP) is 5.67. The minimum absolute atomic E-state index is 0.0843. The molecule has 0 saturated carbocycles. The zero-order valence-corrected chi connectivity index (χ0v) is 17.3. The Balaban J connectivity index is 2.70. The van der Waals surface area contributed by atoms with Gasteiger partial charge in [-0.2, -0.15) is 0 Å². The molecule has 0 saturated heterocycles. The van der Waals surface area contributed by atoms with E-state index in [1.54, 1.807) is 0 Å². The van der Waals surface area contributed by atoms with Crippen molar-refractivity contribution in [3.05, 3.63) is 11.1 Å². The van der Waals surface area contributed by atoms with E-state index in [-0.39, 0.29) is 22.7 Å². The lowest BCUT2D eigenvalue weighted by atomic mass is 9.69. The van der Waals surface area contributed by atoms with Crippen molar-refractivity contribution in [2.24, 2.45) is 5.41 Å². The van der Waals surface area contributed by atoms with Crippen LogP contribution in [0.15, 0.2) is 11.1 Å². The van der Waals surface area contributed by atoms with Gasteiger partial charge in [0.05, 0.1) is 6.10 Å². The van der Waals surface area contributed by atoms with Crippen LogP contribution in [-0.4, -0.2) is 25.6 Å². The first-order valence-corrected chi connectivity index (χ1v) is 11.7. The molecule has 1 aliphatic carbocycles. The molecule has 0 heterocycles. The summed E-state index contributed by atoms with van der Waals surface area (Å²) in [4.78, 5) is 0. The quantitative estimate of drug-likeness (QED) is 0.520. The van der Waals surface area contributed by atoms with Crippen molar-refractivity contribution in [2.45, 2.75) is 104 Å². The molecule has 2 atom stereocenters. The summed E-state index contributed by atoms with van der Waals surface area (Å²) in [6.07, 6.45) is 4.12. The highest BCUT2D eigenvalue weighted by atomic mass is 28.4. The second-order valence-electron chi connectivity index (χ2n) is 9.26. The molecule has 0 aromatic carbocycles. The van der Waals surface area contributed by atoms with E-state index >= 15 is 0 Å². The molecule has 0 aliphatic heterocycles. The zero-order chi connectivity index (χ0) is 17.3. The summed E-state index contributed by atoms with van der Waals surface area (Å²) in [5, 5.41) is 10.6. The van der Waals surface area contributed by atoms with Gasteiger partial charge in [0.15, 0.2) is 8.32 Å². The Labute approximate surface area is 139 Å². The molecule has 130 valence electrons. The van der Waals surface area contributed by atoms with E-state index < -0.39 is 8.32 Å². The Bertz CT molecular complexity index is 416. The van der Waals surface area contributed by atoms with Gasteiger partial charge in [0.2, 0.25) is 0 Å². The average molecular weight is 327 g/mol. The van der Waals surface area contributed by atoms with E-state index in [9.17, 15) is 5.11 Å². The van der Waals surface area contributed by atoms with E-state index in [2.05, 4.69) is 61.6 Å². The van der Waals surface area contributed by atoms with Crippen LogP contribution in [0.3, 0.4) is 0 Å². The van der Waals surface area contributed by atoms with Crippen molar-refractivity contribution < 1.29 is 9.53 Å². The highest BCUT2D eigenvalue weighted by Crippen LogP contribution is 2.43. The Kier molecular flexibility index (Phi) is 6.14. The van der Waals surface area contributed by atoms with Gasteiger partial charge in [0, 0.05) is 11.5 Å². The van der Waals surface area contributed by atoms with Gasteiger partial charge in [0.25, 0.3) is 0 Å². The minimum atomic E-state index is -1.69. The van der Waals surface area contributed by atoms with Crippen LogP contribution >= 0.6 is 0 Å². The van der Waals surface area contributed by atoms with Crippen LogP contribution in [-0.2, 0) is 4.43 Å². The van der Waals surface area contributed by atoms with Crippen LogP contribution in [0.1, 0.15) is 74.1 Å². The van der Waals surface area contributed by atoms with Crippen molar-refractivity contribution >= 4 is 8.32 Å². The maximum atomic E-state index is 10.3. The molecule has 1 rings (SSSR count). The summed E-state index contributed by atoms with van der Waals surface area (Å²) >= 11 is 0.